The van der Waals surface area contributed by atoms with E-state index in [2.05, 4.69) is 9.72 Å². The molecule has 0 unspecified atom stereocenters. The highest BCUT2D eigenvalue weighted by molar-refractivity contribution is 5.71. The lowest BCUT2D eigenvalue weighted by molar-refractivity contribution is -0.276. The Kier molecular flexibility index (Phi) is 4.10. The van der Waals surface area contributed by atoms with Gasteiger partial charge in [0.05, 0.1) is 12.0 Å². The van der Waals surface area contributed by atoms with Gasteiger partial charge >= 0.3 is 18.5 Å². The number of nitrogens with zero attached hydrogens (tertiary/aromatic N) is 1. The highest BCUT2D eigenvalue weighted by Gasteiger charge is 2.39. The molecule has 0 aromatic carbocycles. The summed E-state index contributed by atoms with van der Waals surface area (Å²) in [5, 5.41) is 8.40. The highest BCUT2D eigenvalue weighted by atomic mass is 19.4. The van der Waals surface area contributed by atoms with Gasteiger partial charge in [0, 0.05) is 6.20 Å². The van der Waals surface area contributed by atoms with Crippen LogP contribution in [0.2, 0.25) is 0 Å². The molecule has 1 aromatic heterocycles. The van der Waals surface area contributed by atoms with E-state index in [1.165, 1.54) is 0 Å². The fraction of sp³-hybridized carbons (Fsp3) is 0.333. The van der Waals surface area contributed by atoms with Crippen molar-refractivity contribution < 1.29 is 45.4 Å². The molecule has 1 heterocycles. The van der Waals surface area contributed by atoms with Gasteiger partial charge in [-0.1, -0.05) is 0 Å². The number of aliphatic carboxylic acids is 1. The van der Waals surface area contributed by atoms with Crippen LogP contribution in [0.1, 0.15) is 11.1 Å². The molecule has 20 heavy (non-hydrogen) atoms. The van der Waals surface area contributed by atoms with E-state index >= 15 is 0 Å². The highest BCUT2D eigenvalue weighted by Crippen LogP contribution is 2.35. The van der Waals surface area contributed by atoms with Crippen molar-refractivity contribution in [3.63, 3.8) is 0 Å². The van der Waals surface area contributed by atoms with Crippen LogP contribution in [-0.4, -0.2) is 22.4 Å². The van der Waals surface area contributed by atoms with Crippen molar-refractivity contribution >= 4 is 5.97 Å². The van der Waals surface area contributed by atoms with Gasteiger partial charge in [0.2, 0.25) is 5.88 Å². The molecule has 0 amide bonds. The quantitative estimate of drug-likeness (QED) is 0.872. The van der Waals surface area contributed by atoms with Crippen molar-refractivity contribution in [3.8, 4) is 5.88 Å². The van der Waals surface area contributed by atoms with Crippen LogP contribution in [0.5, 0.6) is 5.88 Å². The Morgan fingerprint density at radius 2 is 1.80 bits per heavy atom. The summed E-state index contributed by atoms with van der Waals surface area (Å²) < 4.78 is 89.6. The van der Waals surface area contributed by atoms with Gasteiger partial charge in [-0.2, -0.15) is 13.2 Å². The zero-order valence-electron chi connectivity index (χ0n) is 9.14. The summed E-state index contributed by atoms with van der Waals surface area (Å²) in [6.45, 7) is 0. The number of halogens is 7. The second kappa shape index (κ2) is 5.13. The van der Waals surface area contributed by atoms with Gasteiger partial charge in [-0.3, -0.25) is 4.79 Å². The van der Waals surface area contributed by atoms with Gasteiger partial charge in [0.1, 0.15) is 11.4 Å². The number of aromatic nitrogens is 1. The Balaban J connectivity index is 3.40. The third-order valence-corrected chi connectivity index (χ3v) is 1.92. The van der Waals surface area contributed by atoms with Gasteiger partial charge in [-0.25, -0.2) is 9.37 Å². The molecule has 0 atom stereocenters. The molecule has 4 nitrogen and oxygen atoms in total. The van der Waals surface area contributed by atoms with Crippen molar-refractivity contribution in [2.45, 2.75) is 19.0 Å². The molecule has 1 aromatic rings. The van der Waals surface area contributed by atoms with Gasteiger partial charge in [-0.15, -0.1) is 13.2 Å². The predicted molar refractivity (Wildman–Crippen MR) is 47.2 cm³/mol. The molecule has 0 aliphatic carbocycles. The number of carboxylic acids is 1. The van der Waals surface area contributed by atoms with Crippen LogP contribution in [0.3, 0.4) is 0 Å². The van der Waals surface area contributed by atoms with E-state index < -0.39 is 47.8 Å². The van der Waals surface area contributed by atoms with E-state index in [0.29, 0.717) is 0 Å². The number of alkyl halides is 6. The molecule has 0 fully saturated rings. The lowest BCUT2D eigenvalue weighted by Gasteiger charge is -2.15. The van der Waals surface area contributed by atoms with Crippen LogP contribution in [-0.2, 0) is 17.4 Å². The second-order valence-electron chi connectivity index (χ2n) is 3.39. The number of hydrogen-bond acceptors (Lipinski definition) is 3. The van der Waals surface area contributed by atoms with Crippen molar-refractivity contribution in [1.29, 1.82) is 0 Å². The standard InChI is InChI=1S/C9H4F7NO3/c10-6-3(1-5(18)19)7(20-9(14,15)16)17-2-4(6)8(11,12)13/h2H,1H2,(H,18,19). The maximum Gasteiger partial charge on any atom is 0.574 e. The molecule has 0 bridgehead atoms. The summed E-state index contributed by atoms with van der Waals surface area (Å²) in [5.74, 6) is -5.60. The van der Waals surface area contributed by atoms with Crippen LogP contribution in [0.4, 0.5) is 30.7 Å². The Labute approximate surface area is 105 Å². The van der Waals surface area contributed by atoms with Crippen LogP contribution in [0.15, 0.2) is 6.20 Å². The molecule has 1 N–H and O–H groups in total. The summed E-state index contributed by atoms with van der Waals surface area (Å²) in [7, 11) is 0. The number of hydrogen-bond donors (Lipinski definition) is 1. The lowest BCUT2D eigenvalue weighted by Crippen LogP contribution is -2.22. The monoisotopic (exact) mass is 307 g/mol. The first kappa shape index (κ1) is 16.0. The molecule has 0 saturated carbocycles. The van der Waals surface area contributed by atoms with Gasteiger partial charge < -0.3 is 9.84 Å². The van der Waals surface area contributed by atoms with Crippen molar-refractivity contribution in [3.05, 3.63) is 23.1 Å². The fourth-order valence-corrected chi connectivity index (χ4v) is 1.21. The van der Waals surface area contributed by atoms with E-state index in [0.717, 1.165) is 0 Å². The Morgan fingerprint density at radius 3 is 2.20 bits per heavy atom. The largest absolute Gasteiger partial charge is 0.574 e. The zero-order valence-corrected chi connectivity index (χ0v) is 9.14. The molecule has 0 spiro atoms. The minimum Gasteiger partial charge on any atom is -0.481 e. The molecule has 0 radical (unpaired) electrons. The summed E-state index contributed by atoms with van der Waals surface area (Å²) in [6, 6.07) is 0. The van der Waals surface area contributed by atoms with Crippen LogP contribution in [0.25, 0.3) is 0 Å². The van der Waals surface area contributed by atoms with Crippen LogP contribution >= 0.6 is 0 Å². The third kappa shape index (κ3) is 3.96. The summed E-state index contributed by atoms with van der Waals surface area (Å²) >= 11 is 0. The minimum absolute atomic E-state index is 0.207. The molecule has 112 valence electrons. The smallest absolute Gasteiger partial charge is 0.481 e. The molecule has 0 saturated heterocycles. The normalized spacial score (nSPS) is 12.3. The number of carbonyl (C=O) groups is 1. The number of ether oxygens (including phenoxy) is 1. The zero-order chi connectivity index (χ0) is 15.7. The van der Waals surface area contributed by atoms with Gasteiger partial charge in [-0.05, 0) is 0 Å². The average molecular weight is 307 g/mol. The van der Waals surface area contributed by atoms with E-state index in [1.807, 2.05) is 0 Å². The summed E-state index contributed by atoms with van der Waals surface area (Å²) in [6.07, 6.45) is -12.2. The number of rotatable bonds is 3. The Bertz CT molecular complexity index is 523. The third-order valence-electron chi connectivity index (χ3n) is 1.92. The molecule has 0 aliphatic heterocycles. The van der Waals surface area contributed by atoms with Gasteiger partial charge in [0.15, 0.2) is 0 Å². The molecule has 1 rings (SSSR count). The Morgan fingerprint density at radius 1 is 1.25 bits per heavy atom. The average Bonchev–Trinajstić information content (AvgIpc) is 2.18. The summed E-state index contributed by atoms with van der Waals surface area (Å²) in [4.78, 5) is 13.1. The van der Waals surface area contributed by atoms with Crippen molar-refractivity contribution in [2.75, 3.05) is 0 Å². The van der Waals surface area contributed by atoms with Crippen molar-refractivity contribution in [1.82, 2.24) is 4.98 Å². The predicted octanol–water partition coefficient (Wildman–Crippen LogP) is 2.77. The molecular weight excluding hydrogens is 303 g/mol. The number of pyridine rings is 1. The van der Waals surface area contributed by atoms with E-state index in [9.17, 15) is 35.5 Å². The summed E-state index contributed by atoms with van der Waals surface area (Å²) in [5.41, 5.74) is -3.42. The number of carboxylic acid groups (broad SMARTS) is 1. The first-order valence-electron chi connectivity index (χ1n) is 4.64. The van der Waals surface area contributed by atoms with Crippen molar-refractivity contribution in [2.24, 2.45) is 0 Å². The van der Waals surface area contributed by atoms with E-state index in [4.69, 9.17) is 5.11 Å². The second-order valence-corrected chi connectivity index (χ2v) is 3.39. The molecule has 11 heteroatoms. The van der Waals surface area contributed by atoms with Crippen LogP contribution in [0, 0.1) is 5.82 Å². The maximum atomic E-state index is 13.5. The maximum absolute atomic E-state index is 13.5. The lowest BCUT2D eigenvalue weighted by atomic mass is 10.1. The van der Waals surface area contributed by atoms with E-state index in [-0.39, 0.29) is 6.20 Å². The van der Waals surface area contributed by atoms with Crippen LogP contribution < -0.4 is 4.74 Å². The minimum atomic E-state index is -5.35. The fourth-order valence-electron chi connectivity index (χ4n) is 1.21. The first-order valence-corrected chi connectivity index (χ1v) is 4.64. The van der Waals surface area contributed by atoms with E-state index in [1.54, 1.807) is 0 Å². The first-order chi connectivity index (χ1) is 8.92. The van der Waals surface area contributed by atoms with Gasteiger partial charge in [0.25, 0.3) is 0 Å². The molecular formula is C9H4F7NO3. The molecule has 0 aliphatic rings. The topological polar surface area (TPSA) is 59.4 Å². The SMILES string of the molecule is O=C(O)Cc1c(OC(F)(F)F)ncc(C(F)(F)F)c1F. The Hall–Kier alpha value is -2.07.